The first-order valence-electron chi connectivity index (χ1n) is 8.99. The molecule has 2 saturated carbocycles. The van der Waals surface area contributed by atoms with E-state index in [9.17, 15) is 0 Å². The zero-order chi connectivity index (χ0) is 13.1. The van der Waals surface area contributed by atoms with Crippen molar-refractivity contribution in [2.75, 3.05) is 6.61 Å². The van der Waals surface area contributed by atoms with Gasteiger partial charge in [0, 0.05) is 6.42 Å². The van der Waals surface area contributed by atoms with Crippen molar-refractivity contribution in [3.8, 4) is 0 Å². The number of hydrogen-bond donors (Lipinski definition) is 0. The monoisotopic (exact) mass is 264 g/mol. The summed E-state index contributed by atoms with van der Waals surface area (Å²) in [5.74, 6) is 2.84. The van der Waals surface area contributed by atoms with Gasteiger partial charge in [0.1, 0.15) is 0 Å². The molecule has 1 heteroatoms. The van der Waals surface area contributed by atoms with Crippen LogP contribution in [0.5, 0.6) is 0 Å². The molecule has 19 heavy (non-hydrogen) atoms. The van der Waals surface area contributed by atoms with Crippen molar-refractivity contribution in [3.05, 3.63) is 0 Å². The van der Waals surface area contributed by atoms with Gasteiger partial charge in [0.15, 0.2) is 0 Å². The average molecular weight is 264 g/mol. The van der Waals surface area contributed by atoms with Crippen LogP contribution in [0.15, 0.2) is 0 Å². The standard InChI is InChI=1S/C18H32O/c1-2-6-15-9-11-17(12-10-15)18(13-14-19-18)16-7-4-3-5-8-16/h15-17H,2-14H2,1H3/t15-,17-,18?. The number of hydrogen-bond acceptors (Lipinski definition) is 1. The second kappa shape index (κ2) is 6.16. The Kier molecular flexibility index (Phi) is 4.51. The second-order valence-electron chi connectivity index (χ2n) is 7.39. The van der Waals surface area contributed by atoms with Crippen molar-refractivity contribution >= 4 is 0 Å². The van der Waals surface area contributed by atoms with Gasteiger partial charge in [-0.05, 0) is 43.4 Å². The third-order valence-corrected chi connectivity index (χ3v) is 6.39. The maximum Gasteiger partial charge on any atom is 0.0760 e. The van der Waals surface area contributed by atoms with E-state index < -0.39 is 0 Å². The Morgan fingerprint density at radius 2 is 1.53 bits per heavy atom. The molecule has 1 nitrogen and oxygen atoms in total. The van der Waals surface area contributed by atoms with E-state index >= 15 is 0 Å². The van der Waals surface area contributed by atoms with E-state index in [1.165, 1.54) is 77.0 Å². The molecule has 0 N–H and O–H groups in total. The van der Waals surface area contributed by atoms with Gasteiger partial charge < -0.3 is 4.74 Å². The van der Waals surface area contributed by atoms with Crippen LogP contribution in [0, 0.1) is 17.8 Å². The van der Waals surface area contributed by atoms with Crippen LogP contribution >= 0.6 is 0 Å². The largest absolute Gasteiger partial charge is 0.374 e. The van der Waals surface area contributed by atoms with Crippen molar-refractivity contribution < 1.29 is 4.74 Å². The van der Waals surface area contributed by atoms with Crippen LogP contribution in [-0.4, -0.2) is 12.2 Å². The Labute approximate surface area is 119 Å². The Balaban J connectivity index is 1.59. The Hall–Kier alpha value is -0.0400. The highest BCUT2D eigenvalue weighted by Gasteiger charge is 2.51. The van der Waals surface area contributed by atoms with Gasteiger partial charge >= 0.3 is 0 Å². The molecule has 3 aliphatic rings. The lowest BCUT2D eigenvalue weighted by Gasteiger charge is -2.55. The molecule has 2 aliphatic carbocycles. The third kappa shape index (κ3) is 2.73. The Bertz CT molecular complexity index is 267. The fourth-order valence-electron chi connectivity index (χ4n) is 5.25. The predicted molar refractivity (Wildman–Crippen MR) is 80.2 cm³/mol. The van der Waals surface area contributed by atoms with E-state index in [1.807, 2.05) is 0 Å². The van der Waals surface area contributed by atoms with E-state index in [0.29, 0.717) is 5.60 Å². The summed E-state index contributed by atoms with van der Waals surface area (Å²) in [5.41, 5.74) is 0.345. The van der Waals surface area contributed by atoms with Crippen LogP contribution in [0.1, 0.15) is 84.0 Å². The lowest BCUT2D eigenvalue weighted by molar-refractivity contribution is -0.225. The summed E-state index contributed by atoms with van der Waals surface area (Å²) in [6.07, 6.45) is 17.4. The van der Waals surface area contributed by atoms with Gasteiger partial charge in [0.25, 0.3) is 0 Å². The fourth-order valence-corrected chi connectivity index (χ4v) is 5.25. The molecule has 1 heterocycles. The molecule has 1 saturated heterocycles. The molecule has 1 atom stereocenters. The minimum atomic E-state index is 0.345. The van der Waals surface area contributed by atoms with E-state index in [-0.39, 0.29) is 0 Å². The highest BCUT2D eigenvalue weighted by molar-refractivity contribution is 5.01. The maximum absolute atomic E-state index is 6.29. The van der Waals surface area contributed by atoms with Crippen LogP contribution in [0.2, 0.25) is 0 Å². The first-order valence-corrected chi connectivity index (χ1v) is 8.99. The van der Waals surface area contributed by atoms with Crippen molar-refractivity contribution in [1.29, 1.82) is 0 Å². The molecule has 1 unspecified atom stereocenters. The van der Waals surface area contributed by atoms with Gasteiger partial charge in [-0.25, -0.2) is 0 Å². The van der Waals surface area contributed by atoms with Crippen LogP contribution in [0.4, 0.5) is 0 Å². The molecule has 1 aliphatic heterocycles. The normalized spacial score (nSPS) is 40.9. The molecular formula is C18H32O. The maximum atomic E-state index is 6.29. The molecule has 0 bridgehead atoms. The Morgan fingerprint density at radius 3 is 2.05 bits per heavy atom. The fraction of sp³-hybridized carbons (Fsp3) is 1.00. The zero-order valence-electron chi connectivity index (χ0n) is 12.8. The van der Waals surface area contributed by atoms with Gasteiger partial charge in [-0.15, -0.1) is 0 Å². The number of ether oxygens (including phenoxy) is 1. The van der Waals surface area contributed by atoms with Crippen LogP contribution in [-0.2, 0) is 4.74 Å². The SMILES string of the molecule is CCC[C@H]1CC[C@H](C2(C3CCCCC3)CCO2)CC1. The van der Waals surface area contributed by atoms with Crippen LogP contribution < -0.4 is 0 Å². The molecule has 0 spiro atoms. The van der Waals surface area contributed by atoms with Crippen LogP contribution in [0.3, 0.4) is 0 Å². The minimum absolute atomic E-state index is 0.345. The quantitative estimate of drug-likeness (QED) is 0.666. The summed E-state index contributed by atoms with van der Waals surface area (Å²) in [6.45, 7) is 3.38. The molecule has 0 radical (unpaired) electrons. The summed E-state index contributed by atoms with van der Waals surface area (Å²) in [7, 11) is 0. The molecule has 0 aromatic rings. The summed E-state index contributed by atoms with van der Waals surface area (Å²) in [5, 5.41) is 0. The molecule has 0 aromatic carbocycles. The van der Waals surface area contributed by atoms with Gasteiger partial charge in [-0.3, -0.25) is 0 Å². The van der Waals surface area contributed by atoms with Crippen LogP contribution in [0.25, 0.3) is 0 Å². The number of rotatable bonds is 4. The highest BCUT2D eigenvalue weighted by Crippen LogP contribution is 2.51. The lowest BCUT2D eigenvalue weighted by atomic mass is 9.62. The van der Waals surface area contributed by atoms with Gasteiger partial charge in [0.2, 0.25) is 0 Å². The molecular weight excluding hydrogens is 232 g/mol. The summed E-state index contributed by atoms with van der Waals surface area (Å²) < 4.78 is 6.29. The van der Waals surface area contributed by atoms with E-state index in [0.717, 1.165) is 24.4 Å². The van der Waals surface area contributed by atoms with Crippen molar-refractivity contribution in [3.63, 3.8) is 0 Å². The third-order valence-electron chi connectivity index (χ3n) is 6.39. The van der Waals surface area contributed by atoms with Crippen molar-refractivity contribution in [1.82, 2.24) is 0 Å². The summed E-state index contributed by atoms with van der Waals surface area (Å²) in [4.78, 5) is 0. The molecule has 0 aromatic heterocycles. The smallest absolute Gasteiger partial charge is 0.0760 e. The average Bonchev–Trinajstić information content (AvgIpc) is 2.41. The highest BCUT2D eigenvalue weighted by atomic mass is 16.5. The van der Waals surface area contributed by atoms with Crippen molar-refractivity contribution in [2.45, 2.75) is 89.6 Å². The van der Waals surface area contributed by atoms with E-state index in [4.69, 9.17) is 4.74 Å². The second-order valence-corrected chi connectivity index (χ2v) is 7.39. The first kappa shape index (κ1) is 13.9. The van der Waals surface area contributed by atoms with E-state index in [2.05, 4.69) is 6.92 Å². The lowest BCUT2D eigenvalue weighted by Crippen LogP contribution is -2.56. The first-order chi connectivity index (χ1) is 9.35. The Morgan fingerprint density at radius 1 is 0.895 bits per heavy atom. The van der Waals surface area contributed by atoms with Gasteiger partial charge in [0.05, 0.1) is 12.2 Å². The van der Waals surface area contributed by atoms with Gasteiger partial charge in [-0.1, -0.05) is 51.9 Å². The topological polar surface area (TPSA) is 9.23 Å². The van der Waals surface area contributed by atoms with Gasteiger partial charge in [-0.2, -0.15) is 0 Å². The minimum Gasteiger partial charge on any atom is -0.374 e. The molecule has 110 valence electrons. The van der Waals surface area contributed by atoms with E-state index in [1.54, 1.807) is 0 Å². The molecule has 0 amide bonds. The predicted octanol–water partition coefficient (Wildman–Crippen LogP) is 5.33. The zero-order valence-corrected chi connectivity index (χ0v) is 12.8. The molecule has 3 fully saturated rings. The summed E-state index contributed by atoms with van der Waals surface area (Å²) in [6, 6.07) is 0. The molecule has 3 rings (SSSR count). The van der Waals surface area contributed by atoms with Crippen molar-refractivity contribution in [2.24, 2.45) is 17.8 Å². The summed E-state index contributed by atoms with van der Waals surface area (Å²) >= 11 is 0.